The highest BCUT2D eigenvalue weighted by molar-refractivity contribution is 6.30. The van der Waals surface area contributed by atoms with Crippen LogP contribution < -0.4 is 15.0 Å². The lowest BCUT2D eigenvalue weighted by atomic mass is 9.81. The molecule has 0 unspecified atom stereocenters. The average Bonchev–Trinajstić information content (AvgIpc) is 3.13. The number of fused-ring (bicyclic) bond motifs is 3. The Labute approximate surface area is 181 Å². The van der Waals surface area contributed by atoms with Crippen LogP contribution in [-0.2, 0) is 5.41 Å². The van der Waals surface area contributed by atoms with Gasteiger partial charge in [-0.05, 0) is 55.4 Å². The normalized spacial score (nSPS) is 22.4. The number of hydrogen-bond donors (Lipinski definition) is 1. The van der Waals surface area contributed by atoms with Gasteiger partial charge in [0.05, 0.1) is 6.17 Å². The molecule has 158 valence electrons. The second kappa shape index (κ2) is 7.49. The number of hydrogen-bond acceptors (Lipinski definition) is 5. The van der Waals surface area contributed by atoms with Crippen LogP contribution in [0.2, 0.25) is 5.02 Å². The number of ether oxygens (including phenoxy) is 1. The van der Waals surface area contributed by atoms with Gasteiger partial charge in [0.15, 0.2) is 0 Å². The minimum absolute atomic E-state index is 0.0306. The van der Waals surface area contributed by atoms with E-state index < -0.39 is 12.1 Å². The zero-order valence-corrected chi connectivity index (χ0v) is 18.2. The van der Waals surface area contributed by atoms with Crippen molar-refractivity contribution in [2.45, 2.75) is 24.9 Å². The maximum Gasteiger partial charge on any atom is 0.423 e. The van der Waals surface area contributed by atoms with Crippen LogP contribution in [0, 0.1) is 0 Å². The fourth-order valence-electron chi connectivity index (χ4n) is 4.64. The minimum Gasteiger partial charge on any atom is -0.410 e. The molecule has 0 saturated carbocycles. The summed E-state index contributed by atoms with van der Waals surface area (Å²) in [6.07, 6.45) is 0.556. The molecule has 0 aliphatic carbocycles. The van der Waals surface area contributed by atoms with Crippen molar-refractivity contribution in [2.75, 3.05) is 37.9 Å². The largest absolute Gasteiger partial charge is 0.423 e. The van der Waals surface area contributed by atoms with Crippen molar-refractivity contribution in [3.63, 3.8) is 0 Å². The lowest BCUT2D eigenvalue weighted by molar-refractivity contribution is 0.167. The Morgan fingerprint density at radius 2 is 2.00 bits per heavy atom. The van der Waals surface area contributed by atoms with E-state index in [9.17, 15) is 9.59 Å². The summed E-state index contributed by atoms with van der Waals surface area (Å²) in [6, 6.07) is 11.8. The summed E-state index contributed by atoms with van der Waals surface area (Å²) >= 11 is 5.93. The molecule has 30 heavy (non-hydrogen) atoms. The molecule has 1 fully saturated rings. The summed E-state index contributed by atoms with van der Waals surface area (Å²) < 4.78 is 5.51. The van der Waals surface area contributed by atoms with Crippen LogP contribution in [0.4, 0.5) is 21.0 Å². The van der Waals surface area contributed by atoms with Gasteiger partial charge in [0, 0.05) is 42.5 Å². The molecular formula is C22H25ClN4O3. The van der Waals surface area contributed by atoms with Crippen LogP contribution in [0.15, 0.2) is 42.5 Å². The Hall–Kier alpha value is -2.77. The highest BCUT2D eigenvalue weighted by Crippen LogP contribution is 2.51. The van der Waals surface area contributed by atoms with E-state index in [4.69, 9.17) is 16.3 Å². The molecular weight excluding hydrogens is 404 g/mol. The fourth-order valence-corrected chi connectivity index (χ4v) is 4.83. The molecule has 0 spiro atoms. The maximum absolute atomic E-state index is 12.5. The molecule has 1 saturated heterocycles. The molecule has 8 heteroatoms. The van der Waals surface area contributed by atoms with Crippen LogP contribution >= 0.6 is 11.6 Å². The van der Waals surface area contributed by atoms with Gasteiger partial charge in [-0.2, -0.15) is 0 Å². The van der Waals surface area contributed by atoms with Gasteiger partial charge >= 0.3 is 12.1 Å². The lowest BCUT2D eigenvalue weighted by Crippen LogP contribution is -2.45. The first-order valence-electron chi connectivity index (χ1n) is 9.80. The summed E-state index contributed by atoms with van der Waals surface area (Å²) in [5, 5.41) is 3.12. The summed E-state index contributed by atoms with van der Waals surface area (Å²) in [5.41, 5.74) is 2.77. The van der Waals surface area contributed by atoms with Gasteiger partial charge in [-0.25, -0.2) is 14.5 Å². The summed E-state index contributed by atoms with van der Waals surface area (Å²) in [7, 11) is 5.59. The van der Waals surface area contributed by atoms with Crippen LogP contribution in [0.5, 0.6) is 5.75 Å². The van der Waals surface area contributed by atoms with Gasteiger partial charge < -0.3 is 15.0 Å². The molecule has 2 aliphatic rings. The van der Waals surface area contributed by atoms with Crippen molar-refractivity contribution in [3.8, 4) is 5.75 Å². The Balaban J connectivity index is 1.48. The fraction of sp³-hybridized carbons (Fsp3) is 0.364. The molecule has 1 N–H and O–H groups in total. The number of carbonyl (C=O) groups is 2. The highest BCUT2D eigenvalue weighted by Gasteiger charge is 2.52. The topological polar surface area (TPSA) is 65.1 Å². The molecule has 3 amide bonds. The number of amides is 3. The number of anilines is 2. The van der Waals surface area contributed by atoms with E-state index in [1.54, 1.807) is 30.3 Å². The van der Waals surface area contributed by atoms with Crippen molar-refractivity contribution in [1.82, 2.24) is 9.80 Å². The van der Waals surface area contributed by atoms with Crippen molar-refractivity contribution in [2.24, 2.45) is 0 Å². The first-order chi connectivity index (χ1) is 14.2. The van der Waals surface area contributed by atoms with E-state index in [0.717, 1.165) is 29.1 Å². The number of nitrogens with zero attached hydrogens (tertiary/aromatic N) is 3. The Bertz CT molecular complexity index is 1010. The predicted octanol–water partition coefficient (Wildman–Crippen LogP) is 4.37. The molecule has 0 radical (unpaired) electrons. The zero-order valence-electron chi connectivity index (χ0n) is 17.5. The van der Waals surface area contributed by atoms with Crippen LogP contribution in [-0.4, -0.2) is 55.8 Å². The number of urea groups is 1. The number of imide groups is 1. The van der Waals surface area contributed by atoms with E-state index in [1.165, 1.54) is 7.05 Å². The molecule has 2 heterocycles. The quantitative estimate of drug-likeness (QED) is 0.769. The summed E-state index contributed by atoms with van der Waals surface area (Å²) in [6.45, 7) is 3.26. The van der Waals surface area contributed by atoms with Gasteiger partial charge in [0.2, 0.25) is 0 Å². The highest BCUT2D eigenvalue weighted by atomic mass is 35.5. The first kappa shape index (κ1) is 20.5. The number of benzene rings is 2. The van der Waals surface area contributed by atoms with E-state index in [0.29, 0.717) is 16.5 Å². The summed E-state index contributed by atoms with van der Waals surface area (Å²) in [5.74, 6) is 0.422. The van der Waals surface area contributed by atoms with Crippen LogP contribution in [0.25, 0.3) is 0 Å². The third-order valence-corrected chi connectivity index (χ3v) is 6.40. The van der Waals surface area contributed by atoms with Gasteiger partial charge in [0.25, 0.3) is 0 Å². The second-order valence-electron chi connectivity index (χ2n) is 8.18. The van der Waals surface area contributed by atoms with Gasteiger partial charge in [-0.15, -0.1) is 0 Å². The molecule has 0 bridgehead atoms. The lowest BCUT2D eigenvalue weighted by Gasteiger charge is -2.32. The second-order valence-corrected chi connectivity index (χ2v) is 8.62. The third kappa shape index (κ3) is 3.38. The van der Waals surface area contributed by atoms with Crippen molar-refractivity contribution in [1.29, 1.82) is 0 Å². The van der Waals surface area contributed by atoms with Crippen molar-refractivity contribution in [3.05, 3.63) is 53.1 Å². The molecule has 2 aromatic carbocycles. The van der Waals surface area contributed by atoms with Crippen molar-refractivity contribution >= 4 is 35.1 Å². The standard InChI is InChI=1S/C22H25ClN4O3/c1-22-10-11-25(2)19(22)26(3)18-9-8-16(13-17(18)22)30-21(29)27(4)20(28)24-15-7-5-6-14(23)12-15/h5-9,12-13,19H,10-11H2,1-4H3,(H,24,28)/t19-,22+/m1/s1. The Kier molecular flexibility index (Phi) is 5.11. The monoisotopic (exact) mass is 428 g/mol. The van der Waals surface area contributed by atoms with E-state index in [-0.39, 0.29) is 11.6 Å². The van der Waals surface area contributed by atoms with Crippen LogP contribution in [0.1, 0.15) is 18.9 Å². The molecule has 2 aromatic rings. The number of likely N-dealkylation sites (tertiary alicyclic amines) is 1. The average molecular weight is 429 g/mol. The minimum atomic E-state index is -0.758. The molecule has 7 nitrogen and oxygen atoms in total. The van der Waals surface area contributed by atoms with E-state index >= 15 is 0 Å². The number of likely N-dealkylation sites (N-methyl/N-ethyl adjacent to an activating group) is 2. The number of carbonyl (C=O) groups excluding carboxylic acids is 2. The van der Waals surface area contributed by atoms with E-state index in [1.807, 2.05) is 12.1 Å². The molecule has 0 aromatic heterocycles. The first-order valence-corrected chi connectivity index (χ1v) is 10.2. The molecule has 4 rings (SSSR count). The van der Waals surface area contributed by atoms with E-state index in [2.05, 4.69) is 36.1 Å². The van der Waals surface area contributed by atoms with Crippen LogP contribution in [0.3, 0.4) is 0 Å². The predicted molar refractivity (Wildman–Crippen MR) is 117 cm³/mol. The smallest absolute Gasteiger partial charge is 0.410 e. The number of halogens is 1. The third-order valence-electron chi connectivity index (χ3n) is 6.16. The zero-order chi connectivity index (χ0) is 21.6. The van der Waals surface area contributed by atoms with Gasteiger partial charge in [-0.1, -0.05) is 24.6 Å². The maximum atomic E-state index is 12.5. The Morgan fingerprint density at radius 3 is 2.73 bits per heavy atom. The number of nitrogens with one attached hydrogen (secondary N) is 1. The molecule has 2 atom stereocenters. The Morgan fingerprint density at radius 1 is 1.23 bits per heavy atom. The molecule has 2 aliphatic heterocycles. The SMILES string of the molecule is CN(C(=O)Nc1cccc(Cl)c1)C(=O)Oc1ccc2c(c1)[C@]1(C)CCN(C)[C@@H]1N2C. The number of rotatable bonds is 2. The van der Waals surface area contributed by atoms with Gasteiger partial charge in [0.1, 0.15) is 5.75 Å². The summed E-state index contributed by atoms with van der Waals surface area (Å²) in [4.78, 5) is 30.4. The van der Waals surface area contributed by atoms with Gasteiger partial charge in [-0.3, -0.25) is 4.90 Å². The van der Waals surface area contributed by atoms with Crippen molar-refractivity contribution < 1.29 is 14.3 Å².